The Morgan fingerprint density at radius 1 is 0.884 bits per heavy atom. The minimum absolute atomic E-state index is 0.183. The first-order chi connectivity index (χ1) is 20.6. The van der Waals surface area contributed by atoms with E-state index in [9.17, 15) is 22.4 Å². The Hall–Kier alpha value is -4.31. The van der Waals surface area contributed by atoms with Crippen LogP contribution in [-0.4, -0.2) is 50.8 Å². The third-order valence-electron chi connectivity index (χ3n) is 7.06. The number of hydrogen-bond donors (Lipinski definition) is 1. The normalized spacial score (nSPS) is 12.3. The molecule has 0 saturated heterocycles. The van der Waals surface area contributed by atoms with E-state index >= 15 is 0 Å². The van der Waals surface area contributed by atoms with Crippen LogP contribution in [0.1, 0.15) is 34.8 Å². The molecule has 228 valence electrons. The number of nitrogens with zero attached hydrogens (tertiary/aromatic N) is 1. The SMILES string of the molecule is COc1ccc(CN(CCF)CCC(C)NC(=O)c2ccc3c(Oc4ccc(C(F)(F)F)cc4)cccc3c2)c(OC)c1. The third-order valence-corrected chi connectivity index (χ3v) is 7.06. The number of alkyl halides is 4. The molecule has 0 heterocycles. The number of amides is 1. The van der Waals surface area contributed by atoms with Crippen molar-refractivity contribution in [3.63, 3.8) is 0 Å². The number of nitrogens with one attached hydrogen (secondary N) is 1. The first-order valence-electron chi connectivity index (χ1n) is 13.8. The molecule has 0 aliphatic rings. The number of carbonyl (C=O) groups is 1. The summed E-state index contributed by atoms with van der Waals surface area (Å²) in [5, 5.41) is 4.46. The minimum Gasteiger partial charge on any atom is -0.497 e. The zero-order valence-electron chi connectivity index (χ0n) is 24.2. The fourth-order valence-electron chi connectivity index (χ4n) is 4.69. The highest BCUT2D eigenvalue weighted by Crippen LogP contribution is 2.34. The van der Waals surface area contributed by atoms with Gasteiger partial charge in [-0.15, -0.1) is 0 Å². The molecule has 1 atom stereocenters. The number of hydrogen-bond acceptors (Lipinski definition) is 5. The third kappa shape index (κ3) is 8.38. The van der Waals surface area contributed by atoms with Crippen LogP contribution in [0.15, 0.2) is 78.9 Å². The highest BCUT2D eigenvalue weighted by Gasteiger charge is 2.30. The first kappa shape index (κ1) is 31.6. The summed E-state index contributed by atoms with van der Waals surface area (Å²) in [4.78, 5) is 15.0. The van der Waals surface area contributed by atoms with Crippen molar-refractivity contribution >= 4 is 16.7 Å². The van der Waals surface area contributed by atoms with E-state index < -0.39 is 18.4 Å². The van der Waals surface area contributed by atoms with E-state index in [0.29, 0.717) is 47.7 Å². The van der Waals surface area contributed by atoms with Crippen LogP contribution in [-0.2, 0) is 12.7 Å². The summed E-state index contributed by atoms with van der Waals surface area (Å²) in [6.07, 6.45) is -3.82. The van der Waals surface area contributed by atoms with Gasteiger partial charge in [-0.2, -0.15) is 13.2 Å². The molecule has 0 bridgehead atoms. The fourth-order valence-corrected chi connectivity index (χ4v) is 4.69. The summed E-state index contributed by atoms with van der Waals surface area (Å²) in [5.74, 6) is 1.80. The zero-order valence-corrected chi connectivity index (χ0v) is 24.2. The van der Waals surface area contributed by atoms with Gasteiger partial charge in [-0.05, 0) is 73.3 Å². The molecule has 0 radical (unpaired) electrons. The van der Waals surface area contributed by atoms with E-state index in [1.165, 1.54) is 12.1 Å². The Labute approximate surface area is 248 Å². The van der Waals surface area contributed by atoms with Gasteiger partial charge in [0.15, 0.2) is 0 Å². The molecule has 6 nitrogen and oxygen atoms in total. The van der Waals surface area contributed by atoms with Crippen molar-refractivity contribution in [1.82, 2.24) is 10.2 Å². The van der Waals surface area contributed by atoms with Crippen molar-refractivity contribution in [2.24, 2.45) is 0 Å². The molecule has 4 aromatic carbocycles. The summed E-state index contributed by atoms with van der Waals surface area (Å²) in [7, 11) is 3.16. The van der Waals surface area contributed by atoms with Crippen molar-refractivity contribution in [3.05, 3.63) is 95.6 Å². The molecule has 10 heteroatoms. The van der Waals surface area contributed by atoms with Crippen molar-refractivity contribution in [3.8, 4) is 23.0 Å². The molecule has 0 fully saturated rings. The lowest BCUT2D eigenvalue weighted by molar-refractivity contribution is -0.137. The number of carbonyl (C=O) groups excluding carboxylic acids is 1. The van der Waals surface area contributed by atoms with Gasteiger partial charge in [-0.3, -0.25) is 9.69 Å². The molecule has 0 aliphatic heterocycles. The molecule has 0 aliphatic carbocycles. The molecule has 43 heavy (non-hydrogen) atoms. The minimum atomic E-state index is -4.42. The lowest BCUT2D eigenvalue weighted by Gasteiger charge is -2.24. The molecule has 0 aromatic heterocycles. The van der Waals surface area contributed by atoms with E-state index in [0.717, 1.165) is 23.1 Å². The first-order valence-corrected chi connectivity index (χ1v) is 13.8. The van der Waals surface area contributed by atoms with Gasteiger partial charge < -0.3 is 19.5 Å². The Bertz CT molecular complexity index is 1530. The summed E-state index contributed by atoms with van der Waals surface area (Å²) < 4.78 is 68.5. The maximum absolute atomic E-state index is 13.3. The van der Waals surface area contributed by atoms with Crippen LogP contribution < -0.4 is 19.5 Å². The molecular formula is C33H34F4N2O4. The summed E-state index contributed by atoms with van der Waals surface area (Å²) >= 11 is 0. The zero-order chi connectivity index (χ0) is 31.0. The molecule has 4 rings (SSSR count). The number of ether oxygens (including phenoxy) is 3. The van der Waals surface area contributed by atoms with E-state index in [-0.39, 0.29) is 24.2 Å². The highest BCUT2D eigenvalue weighted by atomic mass is 19.4. The predicted octanol–water partition coefficient (Wildman–Crippen LogP) is 7.65. The van der Waals surface area contributed by atoms with Crippen LogP contribution >= 0.6 is 0 Å². The topological polar surface area (TPSA) is 60.0 Å². The maximum Gasteiger partial charge on any atom is 0.416 e. The smallest absolute Gasteiger partial charge is 0.416 e. The Morgan fingerprint density at radius 2 is 1.63 bits per heavy atom. The Kier molecular flexibility index (Phi) is 10.5. The van der Waals surface area contributed by atoms with Gasteiger partial charge in [-0.1, -0.05) is 18.2 Å². The largest absolute Gasteiger partial charge is 0.497 e. The predicted molar refractivity (Wildman–Crippen MR) is 158 cm³/mol. The number of rotatable bonds is 13. The van der Waals surface area contributed by atoms with Crippen molar-refractivity contribution in [1.29, 1.82) is 0 Å². The number of methoxy groups -OCH3 is 2. The average molecular weight is 599 g/mol. The fraction of sp³-hybridized carbons (Fsp3) is 0.303. The highest BCUT2D eigenvalue weighted by molar-refractivity contribution is 6.00. The molecule has 1 N–H and O–H groups in total. The van der Waals surface area contributed by atoms with Gasteiger partial charge in [0.05, 0.1) is 19.8 Å². The molecule has 1 amide bonds. The molecule has 0 saturated carbocycles. The van der Waals surface area contributed by atoms with Crippen LogP contribution in [0.5, 0.6) is 23.0 Å². The lowest BCUT2D eigenvalue weighted by Crippen LogP contribution is -2.36. The number of benzene rings is 4. The van der Waals surface area contributed by atoms with Gasteiger partial charge >= 0.3 is 6.18 Å². The number of fused-ring (bicyclic) bond motifs is 1. The van der Waals surface area contributed by atoms with E-state index in [1.54, 1.807) is 50.6 Å². The van der Waals surface area contributed by atoms with Gasteiger partial charge in [0.25, 0.3) is 5.91 Å². The van der Waals surface area contributed by atoms with Crippen molar-refractivity contribution in [2.75, 3.05) is 34.0 Å². The summed E-state index contributed by atoms with van der Waals surface area (Å²) in [6.45, 7) is 2.69. The number of halogens is 4. The van der Waals surface area contributed by atoms with Gasteiger partial charge in [0, 0.05) is 48.3 Å². The summed E-state index contributed by atoms with van der Waals surface area (Å²) in [6, 6.07) is 20.3. The molecule has 0 spiro atoms. The van der Waals surface area contributed by atoms with E-state index in [1.807, 2.05) is 30.0 Å². The van der Waals surface area contributed by atoms with Crippen molar-refractivity contribution in [2.45, 2.75) is 32.1 Å². The second-order valence-corrected chi connectivity index (χ2v) is 10.1. The molecule has 1 unspecified atom stereocenters. The van der Waals surface area contributed by atoms with Crippen LogP contribution in [0.2, 0.25) is 0 Å². The van der Waals surface area contributed by atoms with Gasteiger partial charge in [0.2, 0.25) is 0 Å². The Balaban J connectivity index is 1.38. The second-order valence-electron chi connectivity index (χ2n) is 10.1. The average Bonchev–Trinajstić information content (AvgIpc) is 2.99. The van der Waals surface area contributed by atoms with E-state index in [2.05, 4.69) is 5.32 Å². The van der Waals surface area contributed by atoms with Crippen LogP contribution in [0, 0.1) is 0 Å². The van der Waals surface area contributed by atoms with Crippen LogP contribution in [0.3, 0.4) is 0 Å². The van der Waals surface area contributed by atoms with Crippen LogP contribution in [0.4, 0.5) is 17.6 Å². The van der Waals surface area contributed by atoms with Gasteiger partial charge in [0.1, 0.15) is 29.7 Å². The van der Waals surface area contributed by atoms with Crippen LogP contribution in [0.25, 0.3) is 10.8 Å². The monoisotopic (exact) mass is 598 g/mol. The maximum atomic E-state index is 13.3. The van der Waals surface area contributed by atoms with E-state index in [4.69, 9.17) is 14.2 Å². The standard InChI is InChI=1S/C33H34F4N2O4/c1-22(15-17-39(18-16-34)21-25-7-11-28(41-2)20-31(25)42-3)38-32(40)24-8-14-29-23(19-24)5-4-6-30(29)43-27-12-9-26(10-13-27)33(35,36)37/h4-14,19-20,22H,15-18,21H2,1-3H3,(H,38,40). The lowest BCUT2D eigenvalue weighted by atomic mass is 10.1. The molecular weight excluding hydrogens is 564 g/mol. The second kappa shape index (κ2) is 14.2. The quantitative estimate of drug-likeness (QED) is 0.160. The van der Waals surface area contributed by atoms with Crippen molar-refractivity contribution < 1.29 is 36.6 Å². The van der Waals surface area contributed by atoms with Gasteiger partial charge in [-0.25, -0.2) is 4.39 Å². The Morgan fingerprint density at radius 3 is 2.30 bits per heavy atom. The summed E-state index contributed by atoms with van der Waals surface area (Å²) in [5.41, 5.74) is 0.608. The molecule has 4 aromatic rings.